The van der Waals surface area contributed by atoms with Gasteiger partial charge in [0.25, 0.3) is 0 Å². The van der Waals surface area contributed by atoms with Crippen molar-refractivity contribution in [1.29, 1.82) is 0 Å². The molecule has 0 saturated carbocycles. The molecule has 1 N–H and O–H groups in total. The van der Waals surface area contributed by atoms with E-state index in [1.54, 1.807) is 12.1 Å². The molecular formula is C26H28F3NO4S. The maximum absolute atomic E-state index is 12.9. The van der Waals surface area contributed by atoms with Gasteiger partial charge in [-0.05, 0) is 35.7 Å². The molecule has 0 aliphatic heterocycles. The number of carboxylic acid groups (broad SMARTS) is 1. The fourth-order valence-electron chi connectivity index (χ4n) is 3.54. The van der Waals surface area contributed by atoms with Gasteiger partial charge in [-0.15, -0.1) is 11.3 Å². The van der Waals surface area contributed by atoms with Crippen molar-refractivity contribution in [3.05, 3.63) is 70.2 Å². The van der Waals surface area contributed by atoms with Gasteiger partial charge in [0, 0.05) is 29.9 Å². The lowest BCUT2D eigenvalue weighted by atomic mass is 10.0. The first-order valence-corrected chi connectivity index (χ1v) is 12.0. The van der Waals surface area contributed by atoms with E-state index in [2.05, 4.69) is 0 Å². The van der Waals surface area contributed by atoms with Crippen LogP contribution < -0.4 is 4.74 Å². The van der Waals surface area contributed by atoms with Crippen LogP contribution in [0.25, 0.3) is 10.6 Å². The number of hydrogen-bond donors (Lipinski definition) is 1. The van der Waals surface area contributed by atoms with Crippen molar-refractivity contribution in [2.75, 3.05) is 13.7 Å². The minimum absolute atomic E-state index is 0.0117. The Hall–Kier alpha value is -2.91. The molecule has 1 heterocycles. The van der Waals surface area contributed by atoms with Crippen LogP contribution >= 0.6 is 11.3 Å². The van der Waals surface area contributed by atoms with E-state index in [0.29, 0.717) is 22.9 Å². The van der Waals surface area contributed by atoms with Crippen LogP contribution in [0.3, 0.4) is 0 Å². The molecule has 3 rings (SSSR count). The second kappa shape index (κ2) is 11.2. The van der Waals surface area contributed by atoms with E-state index in [0.717, 1.165) is 28.3 Å². The Balaban J connectivity index is 1.70. The predicted molar refractivity (Wildman–Crippen MR) is 129 cm³/mol. The van der Waals surface area contributed by atoms with Crippen molar-refractivity contribution in [1.82, 2.24) is 4.98 Å². The number of ether oxygens (including phenoxy) is 2. The Kier molecular flexibility index (Phi) is 8.56. The number of rotatable bonds is 10. The van der Waals surface area contributed by atoms with Gasteiger partial charge in [0.1, 0.15) is 10.8 Å². The van der Waals surface area contributed by atoms with Crippen molar-refractivity contribution >= 4 is 17.3 Å². The Morgan fingerprint density at radius 3 is 2.20 bits per heavy atom. The third-order valence-electron chi connectivity index (χ3n) is 5.54. The summed E-state index contributed by atoms with van der Waals surface area (Å²) < 4.78 is 49.6. The quantitative estimate of drug-likeness (QED) is 0.328. The highest BCUT2D eigenvalue weighted by atomic mass is 32.1. The number of hydrogen-bond acceptors (Lipinski definition) is 5. The third kappa shape index (κ3) is 6.82. The summed E-state index contributed by atoms with van der Waals surface area (Å²) in [4.78, 5) is 16.9. The highest BCUT2D eigenvalue weighted by Gasteiger charge is 2.30. The van der Waals surface area contributed by atoms with Crippen molar-refractivity contribution in [2.45, 2.75) is 51.3 Å². The number of carboxylic acids is 1. The number of methoxy groups -OCH3 is 1. The maximum Gasteiger partial charge on any atom is 0.416 e. The smallest absolute Gasteiger partial charge is 0.416 e. The Morgan fingerprint density at radius 2 is 1.69 bits per heavy atom. The average molecular weight is 508 g/mol. The maximum atomic E-state index is 12.9. The average Bonchev–Trinajstić information content (AvgIpc) is 3.27. The van der Waals surface area contributed by atoms with E-state index >= 15 is 0 Å². The Morgan fingerprint density at radius 1 is 1.06 bits per heavy atom. The molecule has 2 atom stereocenters. The number of alkyl halides is 3. The Bertz CT molecular complexity index is 1120. The summed E-state index contributed by atoms with van der Waals surface area (Å²) in [5.41, 5.74) is 1.70. The predicted octanol–water partition coefficient (Wildman–Crippen LogP) is 6.78. The topological polar surface area (TPSA) is 68.7 Å². The van der Waals surface area contributed by atoms with Crippen LogP contribution in [0.2, 0.25) is 0 Å². The molecule has 0 amide bonds. The molecule has 2 aromatic carbocycles. The van der Waals surface area contributed by atoms with Crippen molar-refractivity contribution < 1.29 is 32.5 Å². The second-order valence-corrected chi connectivity index (χ2v) is 9.65. The molecule has 0 radical (unpaired) electrons. The van der Waals surface area contributed by atoms with Crippen molar-refractivity contribution in [3.63, 3.8) is 0 Å². The van der Waals surface area contributed by atoms with Gasteiger partial charge in [-0.1, -0.05) is 45.0 Å². The first-order valence-electron chi connectivity index (χ1n) is 11.1. The van der Waals surface area contributed by atoms with Crippen LogP contribution in [0.15, 0.2) is 48.5 Å². The van der Waals surface area contributed by atoms with Crippen LogP contribution in [0.5, 0.6) is 5.75 Å². The van der Waals surface area contributed by atoms with Crippen LogP contribution in [0.4, 0.5) is 13.2 Å². The first-order chi connectivity index (χ1) is 16.5. The van der Waals surface area contributed by atoms with Gasteiger partial charge < -0.3 is 14.6 Å². The molecule has 0 saturated heterocycles. The molecule has 0 spiro atoms. The van der Waals surface area contributed by atoms with E-state index in [1.165, 1.54) is 30.6 Å². The lowest BCUT2D eigenvalue weighted by Crippen LogP contribution is -2.24. The molecule has 0 aliphatic rings. The number of benzene rings is 2. The summed E-state index contributed by atoms with van der Waals surface area (Å²) in [6.45, 7) is 6.49. The zero-order valence-corrected chi connectivity index (χ0v) is 20.7. The highest BCUT2D eigenvalue weighted by Crippen LogP contribution is 2.38. The molecular weight excluding hydrogens is 479 g/mol. The van der Waals surface area contributed by atoms with Crippen LogP contribution in [-0.2, 0) is 22.1 Å². The lowest BCUT2D eigenvalue weighted by molar-refractivity contribution is -0.148. The summed E-state index contributed by atoms with van der Waals surface area (Å²) >= 11 is 1.47. The number of halogens is 3. The molecule has 3 aromatic rings. The SMILES string of the molecule is CO[C@@H](Cc1ccc(OCC(C)c2sc(-c3ccc(C(F)(F)F)cc3)nc2C(C)C)cc1)C(=O)O. The lowest BCUT2D eigenvalue weighted by Gasteiger charge is -2.15. The van der Waals surface area contributed by atoms with E-state index in [1.807, 2.05) is 32.9 Å². The van der Waals surface area contributed by atoms with Gasteiger partial charge >= 0.3 is 12.1 Å². The molecule has 1 aromatic heterocycles. The van der Waals surface area contributed by atoms with Gasteiger partial charge in [0.15, 0.2) is 6.10 Å². The monoisotopic (exact) mass is 507 g/mol. The molecule has 9 heteroatoms. The molecule has 0 aliphatic carbocycles. The zero-order valence-electron chi connectivity index (χ0n) is 19.9. The molecule has 188 valence electrons. The number of aromatic nitrogens is 1. The summed E-state index contributed by atoms with van der Waals surface area (Å²) in [5, 5.41) is 9.80. The van der Waals surface area contributed by atoms with Gasteiger partial charge in [-0.3, -0.25) is 0 Å². The molecule has 0 fully saturated rings. The third-order valence-corrected chi connectivity index (χ3v) is 6.89. The number of aliphatic carboxylic acids is 1. The number of carbonyl (C=O) groups is 1. The second-order valence-electron chi connectivity index (χ2n) is 8.62. The molecule has 1 unspecified atom stereocenters. The zero-order chi connectivity index (χ0) is 25.8. The van der Waals surface area contributed by atoms with Gasteiger partial charge in [-0.25, -0.2) is 9.78 Å². The van der Waals surface area contributed by atoms with Crippen molar-refractivity contribution in [3.8, 4) is 16.3 Å². The van der Waals surface area contributed by atoms with E-state index in [9.17, 15) is 18.0 Å². The fraction of sp³-hybridized carbons (Fsp3) is 0.385. The van der Waals surface area contributed by atoms with Crippen LogP contribution in [-0.4, -0.2) is 35.9 Å². The normalized spacial score (nSPS) is 13.6. The molecule has 5 nitrogen and oxygen atoms in total. The largest absolute Gasteiger partial charge is 0.493 e. The summed E-state index contributed by atoms with van der Waals surface area (Å²) in [7, 11) is 1.37. The molecule has 0 bridgehead atoms. The van der Waals surface area contributed by atoms with E-state index in [4.69, 9.17) is 19.6 Å². The van der Waals surface area contributed by atoms with Crippen LogP contribution in [0, 0.1) is 0 Å². The number of nitrogens with zero attached hydrogens (tertiary/aromatic N) is 1. The van der Waals surface area contributed by atoms with Crippen LogP contribution in [0.1, 0.15) is 54.3 Å². The molecule has 35 heavy (non-hydrogen) atoms. The van der Waals surface area contributed by atoms with Gasteiger partial charge in [0.2, 0.25) is 0 Å². The van der Waals surface area contributed by atoms with E-state index in [-0.39, 0.29) is 18.3 Å². The fourth-order valence-corrected chi connectivity index (χ4v) is 4.80. The summed E-state index contributed by atoms with van der Waals surface area (Å²) in [5.74, 6) is -0.196. The minimum Gasteiger partial charge on any atom is -0.493 e. The first kappa shape index (κ1) is 26.7. The summed E-state index contributed by atoms with van der Waals surface area (Å²) in [6.07, 6.45) is -5.02. The number of thiazole rings is 1. The van der Waals surface area contributed by atoms with E-state index < -0.39 is 23.8 Å². The Labute approximate surface area is 206 Å². The van der Waals surface area contributed by atoms with Gasteiger partial charge in [-0.2, -0.15) is 13.2 Å². The summed E-state index contributed by atoms with van der Waals surface area (Å²) in [6, 6.07) is 12.3. The minimum atomic E-state index is -4.37. The van der Waals surface area contributed by atoms with Gasteiger partial charge in [0.05, 0.1) is 17.9 Å². The standard InChI is InChI=1S/C26H28F3NO4S/c1-15(2)22-23(35-24(30-22)18-7-9-19(10-8-18)26(27,28)29)16(3)14-34-20-11-5-17(6-12-20)13-21(33-4)25(31)32/h5-12,15-16,21H,13-14H2,1-4H3,(H,31,32)/t16?,21-/m0/s1. The van der Waals surface area contributed by atoms with Crippen molar-refractivity contribution in [2.24, 2.45) is 0 Å². The highest BCUT2D eigenvalue weighted by molar-refractivity contribution is 7.15.